The summed E-state index contributed by atoms with van der Waals surface area (Å²) in [6, 6.07) is 2.70. The molecule has 0 spiro atoms. The van der Waals surface area contributed by atoms with Crippen LogP contribution in [0.2, 0.25) is 5.02 Å². The predicted molar refractivity (Wildman–Crippen MR) is 79.4 cm³/mol. The zero-order valence-electron chi connectivity index (χ0n) is 12.2. The molecule has 0 aromatic heterocycles. The summed E-state index contributed by atoms with van der Waals surface area (Å²) >= 11 is 5.98. The zero-order chi connectivity index (χ0) is 15.7. The third-order valence-electron chi connectivity index (χ3n) is 2.49. The first-order valence-corrected chi connectivity index (χ1v) is 6.53. The molecule has 1 aromatic rings. The number of amides is 2. The second-order valence-corrected chi connectivity index (χ2v) is 4.27. The van der Waals surface area contributed by atoms with Gasteiger partial charge in [-0.3, -0.25) is 0 Å². The number of anilines is 1. The fourth-order valence-corrected chi connectivity index (χ4v) is 1.69. The third-order valence-corrected chi connectivity index (χ3v) is 2.78. The van der Waals surface area contributed by atoms with Gasteiger partial charge in [-0.2, -0.15) is 0 Å². The maximum atomic E-state index is 11.7. The van der Waals surface area contributed by atoms with Crippen LogP contribution in [-0.4, -0.2) is 47.3 Å². The normalized spacial score (nSPS) is 10.1. The van der Waals surface area contributed by atoms with Crippen LogP contribution in [0.25, 0.3) is 0 Å². The Balaban J connectivity index is 2.58. The Morgan fingerprint density at radius 2 is 1.86 bits per heavy atom. The first-order valence-electron chi connectivity index (χ1n) is 6.15. The molecule has 1 rings (SSSR count). The van der Waals surface area contributed by atoms with Gasteiger partial charge in [0.25, 0.3) is 0 Å². The lowest BCUT2D eigenvalue weighted by molar-refractivity contribution is 0.0650. The second kappa shape index (κ2) is 9.28. The molecule has 21 heavy (non-hydrogen) atoms. The van der Waals surface area contributed by atoms with Gasteiger partial charge >= 0.3 is 6.03 Å². The fourth-order valence-electron chi connectivity index (χ4n) is 1.46. The number of hydrogen-bond donors (Lipinski definition) is 2. The number of hydrogen-bond acceptors (Lipinski definition) is 5. The standard InChI is InChI=1S/C13H19ClN2O5/c1-18-4-5-21-8-15-13(17)16-10-7-11(19-2)9(14)6-12(10)20-3/h6-7H,4-5,8H2,1-3H3,(H2,15,16,17). The Morgan fingerprint density at radius 1 is 1.14 bits per heavy atom. The molecule has 2 amide bonds. The van der Waals surface area contributed by atoms with Gasteiger partial charge in [-0.1, -0.05) is 11.6 Å². The molecule has 0 radical (unpaired) electrons. The lowest BCUT2D eigenvalue weighted by Gasteiger charge is -2.13. The molecular formula is C13H19ClN2O5. The van der Waals surface area contributed by atoms with Crippen molar-refractivity contribution < 1.29 is 23.7 Å². The highest BCUT2D eigenvalue weighted by Gasteiger charge is 2.12. The highest BCUT2D eigenvalue weighted by atomic mass is 35.5. The van der Waals surface area contributed by atoms with Crippen LogP contribution in [0.4, 0.5) is 10.5 Å². The summed E-state index contributed by atoms with van der Waals surface area (Å²) in [6.45, 7) is 0.933. The Kier molecular flexibility index (Phi) is 7.66. The summed E-state index contributed by atoms with van der Waals surface area (Å²) in [5, 5.41) is 5.56. The minimum absolute atomic E-state index is 0.0717. The molecule has 7 nitrogen and oxygen atoms in total. The number of methoxy groups -OCH3 is 3. The Morgan fingerprint density at radius 3 is 2.48 bits per heavy atom. The molecule has 0 saturated carbocycles. The van der Waals surface area contributed by atoms with Crippen LogP contribution in [0.5, 0.6) is 11.5 Å². The number of nitrogens with one attached hydrogen (secondary N) is 2. The van der Waals surface area contributed by atoms with E-state index in [-0.39, 0.29) is 6.73 Å². The molecule has 0 aliphatic rings. The molecule has 8 heteroatoms. The van der Waals surface area contributed by atoms with Crippen LogP contribution in [0.15, 0.2) is 12.1 Å². The molecule has 0 heterocycles. The minimum atomic E-state index is -0.435. The highest BCUT2D eigenvalue weighted by molar-refractivity contribution is 6.32. The summed E-state index contributed by atoms with van der Waals surface area (Å²) in [5.74, 6) is 0.861. The number of ether oxygens (including phenoxy) is 4. The van der Waals surface area contributed by atoms with Crippen molar-refractivity contribution in [2.45, 2.75) is 0 Å². The van der Waals surface area contributed by atoms with Gasteiger partial charge in [0.1, 0.15) is 18.2 Å². The number of benzene rings is 1. The van der Waals surface area contributed by atoms with Crippen LogP contribution >= 0.6 is 11.6 Å². The SMILES string of the molecule is COCCOCNC(=O)Nc1cc(OC)c(Cl)cc1OC. The van der Waals surface area contributed by atoms with Gasteiger partial charge in [-0.05, 0) is 0 Å². The summed E-state index contributed by atoms with van der Waals surface area (Å²) in [5.41, 5.74) is 0.438. The smallest absolute Gasteiger partial charge is 0.321 e. The van der Waals surface area contributed by atoms with Gasteiger partial charge < -0.3 is 29.6 Å². The molecule has 0 saturated heterocycles. The van der Waals surface area contributed by atoms with Gasteiger partial charge in [0.05, 0.1) is 38.1 Å². The number of carbonyl (C=O) groups is 1. The maximum Gasteiger partial charge on any atom is 0.321 e. The molecule has 0 atom stereocenters. The summed E-state index contributed by atoms with van der Waals surface area (Å²) in [4.78, 5) is 11.7. The predicted octanol–water partition coefficient (Wildman–Crippen LogP) is 2.10. The molecule has 0 aliphatic carbocycles. The van der Waals surface area contributed by atoms with Gasteiger partial charge in [-0.15, -0.1) is 0 Å². The van der Waals surface area contributed by atoms with E-state index in [1.165, 1.54) is 14.2 Å². The van der Waals surface area contributed by atoms with Gasteiger partial charge in [0.15, 0.2) is 0 Å². The van der Waals surface area contributed by atoms with Crippen LogP contribution < -0.4 is 20.1 Å². The quantitative estimate of drug-likeness (QED) is 0.567. The molecule has 118 valence electrons. The van der Waals surface area contributed by atoms with Crippen LogP contribution in [0.1, 0.15) is 0 Å². The molecular weight excluding hydrogens is 300 g/mol. The molecule has 2 N–H and O–H groups in total. The number of rotatable bonds is 8. The Hall–Kier alpha value is -1.70. The van der Waals surface area contributed by atoms with E-state index in [9.17, 15) is 4.79 Å². The van der Waals surface area contributed by atoms with E-state index in [0.29, 0.717) is 35.4 Å². The van der Waals surface area contributed by atoms with Crippen LogP contribution in [-0.2, 0) is 9.47 Å². The van der Waals surface area contributed by atoms with E-state index in [4.69, 9.17) is 30.5 Å². The molecule has 0 unspecified atom stereocenters. The molecule has 0 fully saturated rings. The fraction of sp³-hybridized carbons (Fsp3) is 0.462. The number of urea groups is 1. The average Bonchev–Trinajstić information content (AvgIpc) is 2.48. The average molecular weight is 319 g/mol. The van der Waals surface area contributed by atoms with Gasteiger partial charge in [0.2, 0.25) is 0 Å². The van der Waals surface area contributed by atoms with Crippen LogP contribution in [0.3, 0.4) is 0 Å². The Labute approximate surface area is 128 Å². The lowest BCUT2D eigenvalue weighted by Crippen LogP contribution is -2.31. The number of carbonyl (C=O) groups excluding carboxylic acids is 1. The molecule has 1 aromatic carbocycles. The van der Waals surface area contributed by atoms with E-state index in [1.807, 2.05) is 0 Å². The van der Waals surface area contributed by atoms with Crippen molar-refractivity contribution in [3.63, 3.8) is 0 Å². The van der Waals surface area contributed by atoms with Crippen LogP contribution in [0, 0.1) is 0 Å². The largest absolute Gasteiger partial charge is 0.495 e. The topological polar surface area (TPSA) is 78.1 Å². The summed E-state index contributed by atoms with van der Waals surface area (Å²) in [6.07, 6.45) is 0. The second-order valence-electron chi connectivity index (χ2n) is 3.86. The van der Waals surface area contributed by atoms with Crippen molar-refractivity contribution in [2.75, 3.05) is 46.6 Å². The van der Waals surface area contributed by atoms with Crippen molar-refractivity contribution in [3.8, 4) is 11.5 Å². The summed E-state index contributed by atoms with van der Waals surface area (Å²) < 4.78 is 20.2. The van der Waals surface area contributed by atoms with E-state index in [1.54, 1.807) is 19.2 Å². The maximum absolute atomic E-state index is 11.7. The van der Waals surface area contributed by atoms with Gasteiger partial charge in [-0.25, -0.2) is 4.79 Å². The van der Waals surface area contributed by atoms with E-state index < -0.39 is 6.03 Å². The molecule has 0 aliphatic heterocycles. The summed E-state index contributed by atoms with van der Waals surface area (Å²) in [7, 11) is 4.54. The third kappa shape index (κ3) is 5.66. The first-order chi connectivity index (χ1) is 10.1. The van der Waals surface area contributed by atoms with Crippen molar-refractivity contribution >= 4 is 23.3 Å². The van der Waals surface area contributed by atoms with Crippen molar-refractivity contribution in [1.82, 2.24) is 5.32 Å². The first kappa shape index (κ1) is 17.4. The molecule has 0 bridgehead atoms. The van der Waals surface area contributed by atoms with Gasteiger partial charge in [0, 0.05) is 19.2 Å². The highest BCUT2D eigenvalue weighted by Crippen LogP contribution is 2.35. The van der Waals surface area contributed by atoms with Crippen molar-refractivity contribution in [2.24, 2.45) is 0 Å². The minimum Gasteiger partial charge on any atom is -0.495 e. The van der Waals surface area contributed by atoms with E-state index in [2.05, 4.69) is 10.6 Å². The van der Waals surface area contributed by atoms with Crippen molar-refractivity contribution in [1.29, 1.82) is 0 Å². The number of halogens is 1. The monoisotopic (exact) mass is 318 g/mol. The lowest BCUT2D eigenvalue weighted by atomic mass is 10.2. The zero-order valence-corrected chi connectivity index (χ0v) is 13.0. The Bertz CT molecular complexity index is 470. The van der Waals surface area contributed by atoms with E-state index in [0.717, 1.165) is 0 Å². The van der Waals surface area contributed by atoms with E-state index >= 15 is 0 Å². The van der Waals surface area contributed by atoms with Crippen molar-refractivity contribution in [3.05, 3.63) is 17.2 Å².